The van der Waals surface area contributed by atoms with E-state index in [9.17, 15) is 0 Å². The van der Waals surface area contributed by atoms with Crippen LogP contribution in [0.4, 0.5) is 0 Å². The van der Waals surface area contributed by atoms with Crippen molar-refractivity contribution in [2.24, 2.45) is 5.92 Å². The molecule has 0 bridgehead atoms. The molecule has 1 nitrogen and oxygen atoms in total. The molecule has 0 heterocycles. The lowest BCUT2D eigenvalue weighted by Gasteiger charge is -2.07. The molecule has 1 aromatic rings. The van der Waals surface area contributed by atoms with Gasteiger partial charge in [0.2, 0.25) is 0 Å². The first-order chi connectivity index (χ1) is 6.75. The number of hydrogen-bond donors (Lipinski definition) is 1. The van der Waals surface area contributed by atoms with Crippen molar-refractivity contribution in [1.82, 2.24) is 5.32 Å². The van der Waals surface area contributed by atoms with Gasteiger partial charge in [-0.15, -0.1) is 0 Å². The molecule has 1 aliphatic rings. The fourth-order valence-electron chi connectivity index (χ4n) is 1.56. The number of halogens is 1. The minimum absolute atomic E-state index is 0.961. The third kappa shape index (κ3) is 2.82. The molecule has 0 saturated heterocycles. The molecule has 14 heavy (non-hydrogen) atoms. The summed E-state index contributed by atoms with van der Waals surface area (Å²) in [4.78, 5) is 0. The van der Waals surface area contributed by atoms with Crippen LogP contribution in [-0.4, -0.2) is 6.54 Å². The quantitative estimate of drug-likeness (QED) is 0.869. The Morgan fingerprint density at radius 3 is 2.93 bits per heavy atom. The van der Waals surface area contributed by atoms with Crippen molar-refractivity contribution in [1.29, 1.82) is 0 Å². The minimum atomic E-state index is 0.961. The Kier molecular flexibility index (Phi) is 3.24. The lowest BCUT2D eigenvalue weighted by molar-refractivity contribution is 0.637. The first-order valence-electron chi connectivity index (χ1n) is 5.21. The maximum Gasteiger partial charge on any atom is 0.0208 e. The van der Waals surface area contributed by atoms with Gasteiger partial charge in [-0.2, -0.15) is 0 Å². The van der Waals surface area contributed by atoms with Gasteiger partial charge in [0.15, 0.2) is 0 Å². The number of rotatable bonds is 4. The third-order valence-corrected chi connectivity index (χ3v) is 3.25. The normalized spacial score (nSPS) is 15.9. The topological polar surface area (TPSA) is 12.0 Å². The summed E-state index contributed by atoms with van der Waals surface area (Å²) in [6, 6.07) is 6.47. The van der Waals surface area contributed by atoms with Gasteiger partial charge in [-0.05, 0) is 55.5 Å². The van der Waals surface area contributed by atoms with Crippen molar-refractivity contribution in [3.05, 3.63) is 33.8 Å². The minimum Gasteiger partial charge on any atom is -0.312 e. The third-order valence-electron chi connectivity index (χ3n) is 2.76. The standard InChI is InChI=1S/C12H16BrN/c1-9-2-5-12(13)6-11(9)8-14-7-10-3-4-10/h2,5-6,10,14H,3-4,7-8H2,1H3. The first kappa shape index (κ1) is 10.2. The molecule has 0 spiro atoms. The van der Waals surface area contributed by atoms with Crippen molar-refractivity contribution in [2.45, 2.75) is 26.3 Å². The Bertz CT molecular complexity index is 318. The lowest BCUT2D eigenvalue weighted by Crippen LogP contribution is -2.16. The Morgan fingerprint density at radius 1 is 1.43 bits per heavy atom. The summed E-state index contributed by atoms with van der Waals surface area (Å²) < 4.78 is 1.17. The molecule has 1 aliphatic carbocycles. The van der Waals surface area contributed by atoms with E-state index in [1.807, 2.05) is 0 Å². The zero-order valence-electron chi connectivity index (χ0n) is 8.52. The largest absolute Gasteiger partial charge is 0.312 e. The Balaban J connectivity index is 1.89. The number of hydrogen-bond acceptors (Lipinski definition) is 1. The van der Waals surface area contributed by atoms with Gasteiger partial charge in [0.1, 0.15) is 0 Å². The summed E-state index contributed by atoms with van der Waals surface area (Å²) in [7, 11) is 0. The first-order valence-corrected chi connectivity index (χ1v) is 6.01. The van der Waals surface area contributed by atoms with Crippen LogP contribution in [0.1, 0.15) is 24.0 Å². The average Bonchev–Trinajstić information content (AvgIpc) is 2.95. The predicted molar refractivity (Wildman–Crippen MR) is 63.3 cm³/mol. The molecule has 76 valence electrons. The highest BCUT2D eigenvalue weighted by atomic mass is 79.9. The van der Waals surface area contributed by atoms with E-state index in [-0.39, 0.29) is 0 Å². The van der Waals surface area contributed by atoms with E-state index >= 15 is 0 Å². The summed E-state index contributed by atoms with van der Waals surface area (Å²) in [5.41, 5.74) is 2.77. The Hall–Kier alpha value is -0.340. The van der Waals surface area contributed by atoms with E-state index in [1.165, 1.54) is 35.0 Å². The summed E-state index contributed by atoms with van der Waals surface area (Å²) in [5.74, 6) is 0.961. The highest BCUT2D eigenvalue weighted by Crippen LogP contribution is 2.27. The predicted octanol–water partition coefficient (Wildman–Crippen LogP) is 3.26. The van der Waals surface area contributed by atoms with Crippen LogP contribution in [0.2, 0.25) is 0 Å². The summed E-state index contributed by atoms with van der Waals surface area (Å²) in [6.07, 6.45) is 2.84. The van der Waals surface area contributed by atoms with Gasteiger partial charge in [-0.25, -0.2) is 0 Å². The highest BCUT2D eigenvalue weighted by molar-refractivity contribution is 9.10. The molecule has 2 rings (SSSR count). The molecule has 1 N–H and O–H groups in total. The van der Waals surface area contributed by atoms with Crippen molar-refractivity contribution in [3.63, 3.8) is 0 Å². The van der Waals surface area contributed by atoms with Crippen LogP contribution in [-0.2, 0) is 6.54 Å². The Morgan fingerprint density at radius 2 is 2.21 bits per heavy atom. The van der Waals surface area contributed by atoms with Gasteiger partial charge in [-0.1, -0.05) is 22.0 Å². The number of benzene rings is 1. The number of nitrogens with one attached hydrogen (secondary N) is 1. The SMILES string of the molecule is Cc1ccc(Br)cc1CNCC1CC1. The van der Waals surface area contributed by atoms with Crippen LogP contribution >= 0.6 is 15.9 Å². The van der Waals surface area contributed by atoms with Gasteiger partial charge < -0.3 is 5.32 Å². The Labute approximate surface area is 94.0 Å². The van der Waals surface area contributed by atoms with Crippen molar-refractivity contribution >= 4 is 15.9 Å². The lowest BCUT2D eigenvalue weighted by atomic mass is 10.1. The van der Waals surface area contributed by atoms with Crippen LogP contribution in [0.15, 0.2) is 22.7 Å². The van der Waals surface area contributed by atoms with Crippen LogP contribution in [0.5, 0.6) is 0 Å². The van der Waals surface area contributed by atoms with Gasteiger partial charge >= 0.3 is 0 Å². The maximum atomic E-state index is 3.51. The van der Waals surface area contributed by atoms with Gasteiger partial charge in [0.05, 0.1) is 0 Å². The molecule has 0 radical (unpaired) electrons. The van der Waals surface area contributed by atoms with E-state index in [4.69, 9.17) is 0 Å². The fraction of sp³-hybridized carbons (Fsp3) is 0.500. The van der Waals surface area contributed by atoms with E-state index in [2.05, 4.69) is 46.4 Å². The molecule has 0 amide bonds. The second-order valence-corrected chi connectivity index (χ2v) is 5.06. The van der Waals surface area contributed by atoms with Crippen LogP contribution in [0, 0.1) is 12.8 Å². The van der Waals surface area contributed by atoms with Crippen molar-refractivity contribution in [2.75, 3.05) is 6.54 Å². The van der Waals surface area contributed by atoms with Gasteiger partial charge in [0.25, 0.3) is 0 Å². The molecule has 1 fully saturated rings. The molecule has 1 saturated carbocycles. The molecule has 1 aromatic carbocycles. The highest BCUT2D eigenvalue weighted by Gasteiger charge is 2.20. The molecular weight excluding hydrogens is 238 g/mol. The van der Waals surface area contributed by atoms with E-state index in [0.717, 1.165) is 12.5 Å². The zero-order chi connectivity index (χ0) is 9.97. The molecule has 0 aromatic heterocycles. The second-order valence-electron chi connectivity index (χ2n) is 4.15. The van der Waals surface area contributed by atoms with Crippen LogP contribution in [0.25, 0.3) is 0 Å². The van der Waals surface area contributed by atoms with Crippen molar-refractivity contribution < 1.29 is 0 Å². The molecule has 2 heteroatoms. The molecule has 0 aliphatic heterocycles. The van der Waals surface area contributed by atoms with E-state index < -0.39 is 0 Å². The van der Waals surface area contributed by atoms with Gasteiger partial charge in [0, 0.05) is 11.0 Å². The maximum absolute atomic E-state index is 3.51. The average molecular weight is 254 g/mol. The summed E-state index contributed by atoms with van der Waals surface area (Å²) >= 11 is 3.50. The number of aryl methyl sites for hydroxylation is 1. The molecule has 0 unspecified atom stereocenters. The van der Waals surface area contributed by atoms with Crippen molar-refractivity contribution in [3.8, 4) is 0 Å². The smallest absolute Gasteiger partial charge is 0.0208 e. The van der Waals surface area contributed by atoms with E-state index in [1.54, 1.807) is 0 Å². The summed E-state index contributed by atoms with van der Waals surface area (Å²) in [5, 5.41) is 3.51. The van der Waals surface area contributed by atoms with E-state index in [0.29, 0.717) is 0 Å². The van der Waals surface area contributed by atoms with Crippen LogP contribution < -0.4 is 5.32 Å². The summed E-state index contributed by atoms with van der Waals surface area (Å²) in [6.45, 7) is 4.36. The van der Waals surface area contributed by atoms with Gasteiger partial charge in [-0.3, -0.25) is 0 Å². The molecule has 0 atom stereocenters. The monoisotopic (exact) mass is 253 g/mol. The zero-order valence-corrected chi connectivity index (χ0v) is 10.1. The fourth-order valence-corrected chi connectivity index (χ4v) is 1.97. The molecular formula is C12H16BrN. The van der Waals surface area contributed by atoms with Crippen LogP contribution in [0.3, 0.4) is 0 Å². The second kappa shape index (κ2) is 4.45.